The van der Waals surface area contributed by atoms with E-state index in [0.717, 1.165) is 51.9 Å². The van der Waals surface area contributed by atoms with Crippen molar-refractivity contribution in [3.8, 4) is 0 Å². The molecule has 2 unspecified atom stereocenters. The van der Waals surface area contributed by atoms with Gasteiger partial charge in [-0.3, -0.25) is 4.79 Å². The standard InChI is InChI=1S/C15H27N3O3/c1-17-9-7-12(11-17)10-16-15(21)18-8-3-2-4-13(18)5-6-14(19)20/h12-13H,2-11H2,1H3,(H,16,21)(H,19,20). The summed E-state index contributed by atoms with van der Waals surface area (Å²) in [5.41, 5.74) is 0. The molecule has 6 nitrogen and oxygen atoms in total. The number of urea groups is 1. The lowest BCUT2D eigenvalue weighted by Crippen LogP contribution is -2.49. The minimum Gasteiger partial charge on any atom is -0.481 e. The third kappa shape index (κ3) is 4.88. The maximum atomic E-state index is 12.3. The van der Waals surface area contributed by atoms with Crippen LogP contribution in [0.3, 0.4) is 0 Å². The number of carbonyl (C=O) groups is 2. The van der Waals surface area contributed by atoms with Crippen LogP contribution in [0.5, 0.6) is 0 Å². The molecule has 2 atom stereocenters. The molecule has 0 bridgehead atoms. The highest BCUT2D eigenvalue weighted by molar-refractivity contribution is 5.74. The first-order chi connectivity index (χ1) is 10.1. The molecular weight excluding hydrogens is 270 g/mol. The van der Waals surface area contributed by atoms with Gasteiger partial charge >= 0.3 is 12.0 Å². The fourth-order valence-electron chi connectivity index (χ4n) is 3.38. The number of piperidine rings is 1. The van der Waals surface area contributed by atoms with Crippen LogP contribution in [0.4, 0.5) is 4.79 Å². The third-order valence-electron chi connectivity index (χ3n) is 4.61. The van der Waals surface area contributed by atoms with Gasteiger partial charge in [0.15, 0.2) is 0 Å². The Bertz CT molecular complexity index is 375. The number of carboxylic acid groups (broad SMARTS) is 1. The summed E-state index contributed by atoms with van der Waals surface area (Å²) in [4.78, 5) is 27.2. The Balaban J connectivity index is 1.79. The molecule has 2 aliphatic rings. The molecule has 0 saturated carbocycles. The summed E-state index contributed by atoms with van der Waals surface area (Å²) in [5, 5.41) is 11.9. The van der Waals surface area contributed by atoms with Crippen molar-refractivity contribution in [1.82, 2.24) is 15.1 Å². The highest BCUT2D eigenvalue weighted by Crippen LogP contribution is 2.21. The highest BCUT2D eigenvalue weighted by atomic mass is 16.4. The van der Waals surface area contributed by atoms with Gasteiger partial charge in [-0.05, 0) is 51.6 Å². The largest absolute Gasteiger partial charge is 0.481 e. The van der Waals surface area contributed by atoms with Gasteiger partial charge in [0.1, 0.15) is 0 Å². The van der Waals surface area contributed by atoms with E-state index in [1.54, 1.807) is 0 Å². The first-order valence-electron chi connectivity index (χ1n) is 8.01. The van der Waals surface area contributed by atoms with Crippen molar-refractivity contribution in [3.05, 3.63) is 0 Å². The topological polar surface area (TPSA) is 72.9 Å². The number of likely N-dealkylation sites (tertiary alicyclic amines) is 2. The van der Waals surface area contributed by atoms with E-state index in [9.17, 15) is 9.59 Å². The SMILES string of the molecule is CN1CCC(CNC(=O)N2CCCCC2CCC(=O)O)C1. The van der Waals surface area contributed by atoms with Crippen LogP contribution in [0.1, 0.15) is 38.5 Å². The monoisotopic (exact) mass is 297 g/mol. The van der Waals surface area contributed by atoms with E-state index >= 15 is 0 Å². The van der Waals surface area contributed by atoms with Gasteiger partial charge in [-0.2, -0.15) is 0 Å². The average molecular weight is 297 g/mol. The zero-order valence-corrected chi connectivity index (χ0v) is 12.9. The first-order valence-corrected chi connectivity index (χ1v) is 8.01. The number of hydrogen-bond donors (Lipinski definition) is 2. The zero-order valence-electron chi connectivity index (χ0n) is 12.9. The molecule has 0 spiro atoms. The molecule has 0 aliphatic carbocycles. The van der Waals surface area contributed by atoms with Gasteiger partial charge in [-0.1, -0.05) is 0 Å². The van der Waals surface area contributed by atoms with Crippen molar-refractivity contribution in [1.29, 1.82) is 0 Å². The Hall–Kier alpha value is -1.30. The van der Waals surface area contributed by atoms with Crippen molar-refractivity contribution >= 4 is 12.0 Å². The number of carboxylic acids is 1. The second kappa shape index (κ2) is 7.64. The lowest BCUT2D eigenvalue weighted by Gasteiger charge is -2.35. The Morgan fingerprint density at radius 2 is 2.05 bits per heavy atom. The van der Waals surface area contributed by atoms with Gasteiger partial charge < -0.3 is 20.2 Å². The van der Waals surface area contributed by atoms with Crippen LogP contribution in [-0.4, -0.2) is 66.2 Å². The van der Waals surface area contributed by atoms with Crippen molar-refractivity contribution in [2.45, 2.75) is 44.6 Å². The van der Waals surface area contributed by atoms with Gasteiger partial charge in [0.25, 0.3) is 0 Å². The molecule has 6 heteroatoms. The number of nitrogens with zero attached hydrogens (tertiary/aromatic N) is 2. The van der Waals surface area contributed by atoms with Crippen molar-refractivity contribution in [2.24, 2.45) is 5.92 Å². The lowest BCUT2D eigenvalue weighted by atomic mass is 9.98. The quantitative estimate of drug-likeness (QED) is 0.804. The number of hydrogen-bond acceptors (Lipinski definition) is 3. The number of amides is 2. The summed E-state index contributed by atoms with van der Waals surface area (Å²) in [6.07, 6.45) is 4.87. The minimum absolute atomic E-state index is 0.0142. The number of carbonyl (C=O) groups excluding carboxylic acids is 1. The highest BCUT2D eigenvalue weighted by Gasteiger charge is 2.28. The predicted molar refractivity (Wildman–Crippen MR) is 80.2 cm³/mol. The van der Waals surface area contributed by atoms with Gasteiger partial charge in [0, 0.05) is 32.1 Å². The zero-order chi connectivity index (χ0) is 15.2. The normalized spacial score (nSPS) is 26.8. The first kappa shape index (κ1) is 16.1. The van der Waals surface area contributed by atoms with Crippen LogP contribution >= 0.6 is 0 Å². The summed E-state index contributed by atoms with van der Waals surface area (Å²) in [6, 6.07) is 0.0701. The van der Waals surface area contributed by atoms with Crippen molar-refractivity contribution in [3.63, 3.8) is 0 Å². The molecule has 2 aliphatic heterocycles. The van der Waals surface area contributed by atoms with E-state index in [0.29, 0.717) is 12.3 Å². The Kier molecular flexibility index (Phi) is 5.85. The summed E-state index contributed by atoms with van der Waals surface area (Å²) in [7, 11) is 2.11. The average Bonchev–Trinajstić information content (AvgIpc) is 2.88. The molecule has 0 aromatic rings. The van der Waals surface area contributed by atoms with E-state index in [1.807, 2.05) is 4.90 Å². The van der Waals surface area contributed by atoms with Crippen molar-refractivity contribution in [2.75, 3.05) is 33.2 Å². The van der Waals surface area contributed by atoms with E-state index in [-0.39, 0.29) is 18.5 Å². The molecule has 0 radical (unpaired) electrons. The molecule has 21 heavy (non-hydrogen) atoms. The van der Waals surface area contributed by atoms with Crippen LogP contribution in [0, 0.1) is 5.92 Å². The van der Waals surface area contributed by atoms with Crippen LogP contribution < -0.4 is 5.32 Å². The fraction of sp³-hybridized carbons (Fsp3) is 0.867. The van der Waals surface area contributed by atoms with Gasteiger partial charge in [-0.15, -0.1) is 0 Å². The summed E-state index contributed by atoms with van der Waals surface area (Å²) in [5.74, 6) is -0.240. The Morgan fingerprint density at radius 3 is 2.71 bits per heavy atom. The van der Waals surface area contributed by atoms with Gasteiger partial charge in [-0.25, -0.2) is 4.79 Å². The van der Waals surface area contributed by atoms with Crippen molar-refractivity contribution < 1.29 is 14.7 Å². The molecule has 2 N–H and O–H groups in total. The Morgan fingerprint density at radius 1 is 1.24 bits per heavy atom. The number of aliphatic carboxylic acids is 1. The van der Waals surface area contributed by atoms with Crippen LogP contribution in [-0.2, 0) is 4.79 Å². The summed E-state index contributed by atoms with van der Waals surface area (Å²) < 4.78 is 0. The Labute approximate surface area is 126 Å². The molecular formula is C15H27N3O3. The smallest absolute Gasteiger partial charge is 0.317 e. The minimum atomic E-state index is -0.782. The van der Waals surface area contributed by atoms with Crippen LogP contribution in [0.2, 0.25) is 0 Å². The molecule has 120 valence electrons. The van der Waals surface area contributed by atoms with E-state index < -0.39 is 5.97 Å². The van der Waals surface area contributed by atoms with Gasteiger partial charge in [0.2, 0.25) is 0 Å². The molecule has 0 aromatic carbocycles. The van der Waals surface area contributed by atoms with Crippen LogP contribution in [0.15, 0.2) is 0 Å². The second-order valence-electron chi connectivity index (χ2n) is 6.38. The molecule has 2 saturated heterocycles. The molecule has 0 aromatic heterocycles. The number of nitrogens with one attached hydrogen (secondary N) is 1. The van der Waals surface area contributed by atoms with E-state index in [1.165, 1.54) is 0 Å². The lowest BCUT2D eigenvalue weighted by molar-refractivity contribution is -0.137. The van der Waals surface area contributed by atoms with Gasteiger partial charge in [0.05, 0.1) is 0 Å². The van der Waals surface area contributed by atoms with E-state index in [2.05, 4.69) is 17.3 Å². The molecule has 2 rings (SSSR count). The summed E-state index contributed by atoms with van der Waals surface area (Å²) in [6.45, 7) is 3.63. The number of rotatable bonds is 5. The summed E-state index contributed by atoms with van der Waals surface area (Å²) >= 11 is 0. The molecule has 2 fully saturated rings. The maximum Gasteiger partial charge on any atom is 0.317 e. The third-order valence-corrected chi connectivity index (χ3v) is 4.61. The van der Waals surface area contributed by atoms with E-state index in [4.69, 9.17) is 5.11 Å². The predicted octanol–water partition coefficient (Wildman–Crippen LogP) is 1.37. The van der Waals surface area contributed by atoms with Crippen LogP contribution in [0.25, 0.3) is 0 Å². The maximum absolute atomic E-state index is 12.3. The molecule has 2 amide bonds. The second-order valence-corrected chi connectivity index (χ2v) is 6.38. The molecule has 2 heterocycles. The fourth-order valence-corrected chi connectivity index (χ4v) is 3.38.